The lowest BCUT2D eigenvalue weighted by atomic mass is 10.2. The van der Waals surface area contributed by atoms with Crippen LogP contribution in [0.4, 0.5) is 0 Å². The van der Waals surface area contributed by atoms with Crippen molar-refractivity contribution in [1.82, 2.24) is 30.4 Å². The molecule has 1 aliphatic heterocycles. The summed E-state index contributed by atoms with van der Waals surface area (Å²) in [5, 5.41) is 13.2. The van der Waals surface area contributed by atoms with E-state index in [9.17, 15) is 4.79 Å². The number of carbonyl (C=O) groups is 1. The SMILES string of the molecule is CC1CN(C)CCCN1C(=O)c1nn[nH]n1. The van der Waals surface area contributed by atoms with Crippen LogP contribution in [-0.4, -0.2) is 69.1 Å². The number of amides is 1. The average Bonchev–Trinajstić information content (AvgIpc) is 2.71. The van der Waals surface area contributed by atoms with Gasteiger partial charge in [0.1, 0.15) is 0 Å². The number of tetrazole rings is 1. The highest BCUT2D eigenvalue weighted by Crippen LogP contribution is 2.10. The summed E-state index contributed by atoms with van der Waals surface area (Å²) >= 11 is 0. The van der Waals surface area contributed by atoms with Gasteiger partial charge in [-0.15, -0.1) is 10.2 Å². The molecule has 1 aliphatic rings. The molecule has 1 amide bonds. The Morgan fingerprint density at radius 3 is 3.00 bits per heavy atom. The summed E-state index contributed by atoms with van der Waals surface area (Å²) in [4.78, 5) is 16.1. The predicted octanol–water partition coefficient (Wildman–Crippen LogP) is -0.634. The van der Waals surface area contributed by atoms with Gasteiger partial charge in [-0.2, -0.15) is 5.21 Å². The molecule has 1 unspecified atom stereocenters. The molecule has 1 aromatic rings. The molecule has 0 aromatic carbocycles. The van der Waals surface area contributed by atoms with E-state index in [4.69, 9.17) is 0 Å². The Hall–Kier alpha value is -1.50. The zero-order valence-corrected chi connectivity index (χ0v) is 9.55. The number of nitrogens with zero attached hydrogens (tertiary/aromatic N) is 5. The van der Waals surface area contributed by atoms with Gasteiger partial charge in [0.15, 0.2) is 0 Å². The van der Waals surface area contributed by atoms with Crippen LogP contribution in [0.5, 0.6) is 0 Å². The van der Waals surface area contributed by atoms with E-state index in [2.05, 4.69) is 32.6 Å². The number of nitrogens with one attached hydrogen (secondary N) is 1. The van der Waals surface area contributed by atoms with E-state index in [1.807, 2.05) is 11.8 Å². The van der Waals surface area contributed by atoms with Crippen molar-refractivity contribution >= 4 is 5.91 Å². The lowest BCUT2D eigenvalue weighted by Crippen LogP contribution is -2.42. The van der Waals surface area contributed by atoms with Gasteiger partial charge in [0.2, 0.25) is 0 Å². The number of carbonyl (C=O) groups excluding carboxylic acids is 1. The van der Waals surface area contributed by atoms with Crippen molar-refractivity contribution in [1.29, 1.82) is 0 Å². The van der Waals surface area contributed by atoms with Gasteiger partial charge < -0.3 is 9.80 Å². The Bertz CT molecular complexity index is 351. The fourth-order valence-electron chi connectivity index (χ4n) is 2.05. The molecular formula is C9H16N6O. The van der Waals surface area contributed by atoms with Crippen LogP contribution < -0.4 is 0 Å². The molecule has 1 saturated heterocycles. The minimum Gasteiger partial charge on any atom is -0.332 e. The Morgan fingerprint density at radius 1 is 1.50 bits per heavy atom. The molecular weight excluding hydrogens is 208 g/mol. The normalized spacial score (nSPS) is 23.1. The Morgan fingerprint density at radius 2 is 2.31 bits per heavy atom. The topological polar surface area (TPSA) is 78.0 Å². The summed E-state index contributed by atoms with van der Waals surface area (Å²) in [5.41, 5.74) is 0. The summed E-state index contributed by atoms with van der Waals surface area (Å²) in [5.74, 6) is 0.00736. The standard InChI is InChI=1S/C9H16N6O/c1-7-6-14(2)4-3-5-15(7)9(16)8-10-12-13-11-8/h7H,3-6H2,1-2H3,(H,10,11,12,13). The van der Waals surface area contributed by atoms with Crippen molar-refractivity contribution in [3.63, 3.8) is 0 Å². The first-order valence-electron chi connectivity index (χ1n) is 5.41. The molecule has 1 aromatic heterocycles. The van der Waals surface area contributed by atoms with E-state index >= 15 is 0 Å². The molecule has 0 saturated carbocycles. The molecule has 16 heavy (non-hydrogen) atoms. The molecule has 2 heterocycles. The van der Waals surface area contributed by atoms with Gasteiger partial charge >= 0.3 is 0 Å². The first-order valence-corrected chi connectivity index (χ1v) is 5.41. The third-order valence-electron chi connectivity index (χ3n) is 2.84. The molecule has 7 heteroatoms. The van der Waals surface area contributed by atoms with Gasteiger partial charge in [0.25, 0.3) is 11.7 Å². The Balaban J connectivity index is 2.10. The third kappa shape index (κ3) is 2.19. The molecule has 1 N–H and O–H groups in total. The highest BCUT2D eigenvalue weighted by atomic mass is 16.2. The maximum absolute atomic E-state index is 12.1. The van der Waals surface area contributed by atoms with Crippen molar-refractivity contribution in [2.24, 2.45) is 0 Å². The van der Waals surface area contributed by atoms with Crippen molar-refractivity contribution in [3.8, 4) is 0 Å². The second kappa shape index (κ2) is 4.56. The van der Waals surface area contributed by atoms with Gasteiger partial charge in [-0.1, -0.05) is 0 Å². The Labute approximate surface area is 93.8 Å². The maximum atomic E-state index is 12.1. The highest BCUT2D eigenvalue weighted by Gasteiger charge is 2.27. The summed E-state index contributed by atoms with van der Waals surface area (Å²) < 4.78 is 0. The summed E-state index contributed by atoms with van der Waals surface area (Å²) in [6.45, 7) is 4.68. The third-order valence-corrected chi connectivity index (χ3v) is 2.84. The lowest BCUT2D eigenvalue weighted by molar-refractivity contribution is 0.0684. The highest BCUT2D eigenvalue weighted by molar-refractivity contribution is 5.90. The van der Waals surface area contributed by atoms with Gasteiger partial charge in [-0.3, -0.25) is 4.79 Å². The minimum absolute atomic E-state index is 0.142. The number of H-pyrrole nitrogens is 1. The lowest BCUT2D eigenvalue weighted by Gasteiger charge is -2.26. The van der Waals surface area contributed by atoms with Crippen LogP contribution in [0.2, 0.25) is 0 Å². The van der Waals surface area contributed by atoms with Crippen molar-refractivity contribution in [2.45, 2.75) is 19.4 Å². The van der Waals surface area contributed by atoms with Gasteiger partial charge in [0.05, 0.1) is 0 Å². The number of hydrogen-bond donors (Lipinski definition) is 1. The van der Waals surface area contributed by atoms with E-state index in [1.165, 1.54) is 0 Å². The predicted molar refractivity (Wildman–Crippen MR) is 56.8 cm³/mol. The first kappa shape index (κ1) is 11.0. The molecule has 7 nitrogen and oxygen atoms in total. The average molecular weight is 224 g/mol. The Kier molecular flexibility index (Phi) is 3.14. The molecule has 88 valence electrons. The van der Waals surface area contributed by atoms with Crippen molar-refractivity contribution in [3.05, 3.63) is 5.82 Å². The molecule has 1 fully saturated rings. The number of rotatable bonds is 1. The van der Waals surface area contributed by atoms with E-state index in [1.54, 1.807) is 0 Å². The van der Waals surface area contributed by atoms with Crippen LogP contribution in [0.1, 0.15) is 24.0 Å². The zero-order valence-electron chi connectivity index (χ0n) is 9.55. The molecule has 0 spiro atoms. The van der Waals surface area contributed by atoms with Crippen LogP contribution in [0.15, 0.2) is 0 Å². The summed E-state index contributed by atoms with van der Waals surface area (Å²) in [6.07, 6.45) is 0.977. The largest absolute Gasteiger partial charge is 0.332 e. The summed E-state index contributed by atoms with van der Waals surface area (Å²) in [6, 6.07) is 0.179. The van der Waals surface area contributed by atoms with Gasteiger partial charge in [-0.05, 0) is 32.2 Å². The molecule has 2 rings (SSSR count). The van der Waals surface area contributed by atoms with E-state index in [0.29, 0.717) is 0 Å². The number of aromatic nitrogens is 4. The fraction of sp³-hybridized carbons (Fsp3) is 0.778. The number of aromatic amines is 1. The minimum atomic E-state index is -0.142. The first-order chi connectivity index (χ1) is 7.68. The van der Waals surface area contributed by atoms with Gasteiger partial charge in [-0.25, -0.2) is 0 Å². The van der Waals surface area contributed by atoms with Crippen molar-refractivity contribution < 1.29 is 4.79 Å². The summed E-state index contributed by atoms with van der Waals surface area (Å²) in [7, 11) is 2.07. The monoisotopic (exact) mass is 224 g/mol. The molecule has 0 bridgehead atoms. The van der Waals surface area contributed by atoms with Crippen LogP contribution in [0, 0.1) is 0 Å². The molecule has 1 atom stereocenters. The number of likely N-dealkylation sites (N-methyl/N-ethyl adjacent to an activating group) is 1. The second-order valence-electron chi connectivity index (χ2n) is 4.20. The fourth-order valence-corrected chi connectivity index (χ4v) is 2.05. The van der Waals surface area contributed by atoms with Crippen molar-refractivity contribution in [2.75, 3.05) is 26.7 Å². The van der Waals surface area contributed by atoms with Crippen LogP contribution in [0.3, 0.4) is 0 Å². The molecule has 0 radical (unpaired) electrons. The van der Waals surface area contributed by atoms with Gasteiger partial charge in [0, 0.05) is 19.1 Å². The van der Waals surface area contributed by atoms with E-state index in [-0.39, 0.29) is 17.8 Å². The maximum Gasteiger partial charge on any atom is 0.295 e. The quantitative estimate of drug-likeness (QED) is 0.687. The van der Waals surface area contributed by atoms with E-state index in [0.717, 1.165) is 26.1 Å². The van der Waals surface area contributed by atoms with Crippen LogP contribution in [0.25, 0.3) is 0 Å². The number of hydrogen-bond acceptors (Lipinski definition) is 5. The molecule has 0 aliphatic carbocycles. The smallest absolute Gasteiger partial charge is 0.295 e. The van der Waals surface area contributed by atoms with Crippen LogP contribution >= 0.6 is 0 Å². The zero-order chi connectivity index (χ0) is 11.5. The van der Waals surface area contributed by atoms with E-state index < -0.39 is 0 Å². The van der Waals surface area contributed by atoms with Crippen LogP contribution in [-0.2, 0) is 0 Å². The second-order valence-corrected chi connectivity index (χ2v) is 4.20.